The summed E-state index contributed by atoms with van der Waals surface area (Å²) in [5, 5.41) is 12.5. The lowest BCUT2D eigenvalue weighted by atomic mass is 9.94. The Morgan fingerprint density at radius 3 is 2.25 bits per heavy atom. The number of carbonyl (C=O) groups is 2. The summed E-state index contributed by atoms with van der Waals surface area (Å²) in [5.41, 5.74) is 1.72. The van der Waals surface area contributed by atoms with Crippen molar-refractivity contribution < 1.29 is 19.4 Å². The predicted octanol–water partition coefficient (Wildman–Crippen LogP) is 2.36. The predicted molar refractivity (Wildman–Crippen MR) is 89.4 cm³/mol. The van der Waals surface area contributed by atoms with Crippen molar-refractivity contribution in [1.29, 1.82) is 0 Å². The Bertz CT molecular complexity index is 788. The minimum Gasteiger partial charge on any atom is -0.496 e. The number of hydrogen-bond acceptors (Lipinski definition) is 3. The second kappa shape index (κ2) is 6.00. The molecule has 0 aliphatic heterocycles. The van der Waals surface area contributed by atoms with Gasteiger partial charge in [0.1, 0.15) is 11.3 Å². The van der Waals surface area contributed by atoms with Gasteiger partial charge in [-0.3, -0.25) is 4.79 Å². The van der Waals surface area contributed by atoms with Gasteiger partial charge < -0.3 is 15.2 Å². The number of carboxylic acid groups (broad SMARTS) is 1. The summed E-state index contributed by atoms with van der Waals surface area (Å²) in [7, 11) is 1.54. The van der Waals surface area contributed by atoms with Crippen molar-refractivity contribution in [2.45, 2.75) is 25.3 Å². The Labute approximate surface area is 140 Å². The number of aliphatic carboxylic acids is 1. The topological polar surface area (TPSA) is 75.6 Å². The van der Waals surface area contributed by atoms with E-state index in [4.69, 9.17) is 4.74 Å². The quantitative estimate of drug-likeness (QED) is 0.905. The third kappa shape index (κ3) is 2.62. The summed E-state index contributed by atoms with van der Waals surface area (Å²) in [5.74, 6) is -0.823. The van der Waals surface area contributed by atoms with Crippen LogP contribution in [0.5, 0.6) is 5.75 Å². The molecule has 124 valence electrons. The van der Waals surface area contributed by atoms with Gasteiger partial charge in [-0.05, 0) is 30.2 Å². The van der Waals surface area contributed by atoms with Crippen LogP contribution in [0.4, 0.5) is 0 Å². The molecule has 0 saturated carbocycles. The summed E-state index contributed by atoms with van der Waals surface area (Å²) < 4.78 is 5.23. The van der Waals surface area contributed by atoms with Crippen LogP contribution in [0.2, 0.25) is 0 Å². The average Bonchev–Trinajstić information content (AvgIpc) is 2.94. The van der Waals surface area contributed by atoms with Crippen LogP contribution in [0.15, 0.2) is 42.5 Å². The molecule has 0 bridgehead atoms. The first kappa shape index (κ1) is 16.1. The summed E-state index contributed by atoms with van der Waals surface area (Å²) in [6.07, 6.45) is 0.570. The number of carboxylic acids is 1. The Morgan fingerprint density at radius 1 is 1.08 bits per heavy atom. The maximum absolute atomic E-state index is 12.7. The molecular weight excluding hydrogens is 306 g/mol. The molecule has 0 radical (unpaired) electrons. The highest BCUT2D eigenvalue weighted by Gasteiger charge is 2.45. The molecule has 0 aromatic heterocycles. The Morgan fingerprint density at radius 2 is 1.71 bits per heavy atom. The minimum atomic E-state index is -1.31. The van der Waals surface area contributed by atoms with Crippen molar-refractivity contribution >= 4 is 11.9 Å². The fraction of sp³-hybridized carbons (Fsp3) is 0.263. The first-order chi connectivity index (χ1) is 11.5. The molecule has 0 saturated heterocycles. The van der Waals surface area contributed by atoms with Crippen LogP contribution in [0, 0.1) is 6.92 Å². The first-order valence-corrected chi connectivity index (χ1v) is 7.73. The molecule has 0 atom stereocenters. The van der Waals surface area contributed by atoms with Crippen molar-refractivity contribution in [3.63, 3.8) is 0 Å². The fourth-order valence-corrected chi connectivity index (χ4v) is 3.27. The summed E-state index contributed by atoms with van der Waals surface area (Å²) in [6, 6.07) is 12.7. The lowest BCUT2D eigenvalue weighted by Gasteiger charge is -2.26. The van der Waals surface area contributed by atoms with Gasteiger partial charge in [0, 0.05) is 24.0 Å². The van der Waals surface area contributed by atoms with Crippen LogP contribution in [-0.2, 0) is 17.6 Å². The maximum Gasteiger partial charge on any atom is 0.330 e. The number of ether oxygens (including phenoxy) is 1. The third-order valence-corrected chi connectivity index (χ3v) is 4.61. The maximum atomic E-state index is 12.7. The van der Waals surface area contributed by atoms with Gasteiger partial charge in [-0.25, -0.2) is 4.79 Å². The van der Waals surface area contributed by atoms with Crippen molar-refractivity contribution in [1.82, 2.24) is 5.32 Å². The smallest absolute Gasteiger partial charge is 0.330 e. The zero-order chi connectivity index (χ0) is 17.3. The second-order valence-electron chi connectivity index (χ2n) is 6.10. The van der Waals surface area contributed by atoms with Gasteiger partial charge in [0.2, 0.25) is 0 Å². The van der Waals surface area contributed by atoms with Crippen LogP contribution in [-0.4, -0.2) is 29.6 Å². The normalized spacial score (nSPS) is 14.8. The standard InChI is InChI=1S/C19H19NO4/c1-12-15(8-5-9-16(12)24-2)17(21)20-19(18(22)23)10-13-6-3-4-7-14(13)11-19/h3-9H,10-11H2,1-2H3,(H,20,21)(H,22,23). The van der Waals surface area contributed by atoms with Gasteiger partial charge in [0.05, 0.1) is 7.11 Å². The number of hydrogen-bond donors (Lipinski definition) is 2. The molecule has 0 spiro atoms. The highest BCUT2D eigenvalue weighted by Crippen LogP contribution is 2.31. The van der Waals surface area contributed by atoms with Gasteiger partial charge in [-0.15, -0.1) is 0 Å². The minimum absolute atomic E-state index is 0.285. The number of fused-ring (bicyclic) bond motifs is 1. The van der Waals surface area contributed by atoms with Crippen LogP contribution in [0.1, 0.15) is 27.0 Å². The van der Waals surface area contributed by atoms with E-state index in [-0.39, 0.29) is 12.8 Å². The second-order valence-corrected chi connectivity index (χ2v) is 6.10. The molecule has 0 heterocycles. The molecule has 2 aromatic rings. The number of amides is 1. The van der Waals surface area contributed by atoms with Gasteiger partial charge >= 0.3 is 5.97 Å². The zero-order valence-electron chi connectivity index (χ0n) is 13.6. The highest BCUT2D eigenvalue weighted by atomic mass is 16.5. The molecule has 1 aliphatic rings. The number of methoxy groups -OCH3 is 1. The van der Waals surface area contributed by atoms with Crippen LogP contribution >= 0.6 is 0 Å². The van der Waals surface area contributed by atoms with Crippen molar-refractivity contribution in [3.8, 4) is 5.75 Å². The van der Waals surface area contributed by atoms with Crippen LogP contribution in [0.3, 0.4) is 0 Å². The van der Waals surface area contributed by atoms with Crippen molar-refractivity contribution in [2.75, 3.05) is 7.11 Å². The highest BCUT2D eigenvalue weighted by molar-refractivity contribution is 6.00. The molecule has 24 heavy (non-hydrogen) atoms. The number of rotatable bonds is 4. The Kier molecular flexibility index (Phi) is 4.01. The van der Waals surface area contributed by atoms with Gasteiger partial charge in [0.25, 0.3) is 5.91 Å². The zero-order valence-corrected chi connectivity index (χ0v) is 13.6. The Balaban J connectivity index is 1.91. The summed E-state index contributed by atoms with van der Waals surface area (Å²) in [6.45, 7) is 1.78. The largest absolute Gasteiger partial charge is 0.496 e. The molecule has 3 rings (SSSR count). The van der Waals surface area contributed by atoms with Crippen molar-refractivity contribution in [2.24, 2.45) is 0 Å². The van der Waals surface area contributed by atoms with Crippen LogP contribution in [0.25, 0.3) is 0 Å². The molecule has 0 fully saturated rings. The lowest BCUT2D eigenvalue weighted by Crippen LogP contribution is -2.55. The SMILES string of the molecule is COc1cccc(C(=O)NC2(C(=O)O)Cc3ccccc3C2)c1C. The molecule has 5 nitrogen and oxygen atoms in total. The molecule has 2 aromatic carbocycles. The van der Waals surface area contributed by atoms with Gasteiger partial charge in [-0.2, -0.15) is 0 Å². The van der Waals surface area contributed by atoms with E-state index in [2.05, 4.69) is 5.32 Å². The molecule has 5 heteroatoms. The van der Waals surface area contributed by atoms with E-state index in [1.165, 1.54) is 7.11 Å². The van der Waals surface area contributed by atoms with E-state index in [1.807, 2.05) is 24.3 Å². The molecule has 1 amide bonds. The Hall–Kier alpha value is -2.82. The average molecular weight is 325 g/mol. The van der Waals surface area contributed by atoms with E-state index >= 15 is 0 Å². The summed E-state index contributed by atoms with van der Waals surface area (Å²) in [4.78, 5) is 24.6. The summed E-state index contributed by atoms with van der Waals surface area (Å²) >= 11 is 0. The molecule has 0 unspecified atom stereocenters. The van der Waals surface area contributed by atoms with E-state index in [0.29, 0.717) is 16.9 Å². The monoisotopic (exact) mass is 325 g/mol. The van der Waals surface area contributed by atoms with E-state index in [9.17, 15) is 14.7 Å². The molecular formula is C19H19NO4. The van der Waals surface area contributed by atoms with E-state index < -0.39 is 17.4 Å². The molecule has 2 N–H and O–H groups in total. The fourth-order valence-electron chi connectivity index (χ4n) is 3.27. The third-order valence-electron chi connectivity index (χ3n) is 4.61. The number of carbonyl (C=O) groups excluding carboxylic acids is 1. The van der Waals surface area contributed by atoms with Gasteiger partial charge in [-0.1, -0.05) is 30.3 Å². The molecule has 1 aliphatic carbocycles. The van der Waals surface area contributed by atoms with E-state index in [0.717, 1.165) is 11.1 Å². The first-order valence-electron chi connectivity index (χ1n) is 7.73. The number of nitrogens with one attached hydrogen (secondary N) is 1. The number of benzene rings is 2. The van der Waals surface area contributed by atoms with Gasteiger partial charge in [0.15, 0.2) is 0 Å². The van der Waals surface area contributed by atoms with E-state index in [1.54, 1.807) is 25.1 Å². The lowest BCUT2D eigenvalue weighted by molar-refractivity contribution is -0.144. The van der Waals surface area contributed by atoms with Crippen molar-refractivity contribution in [3.05, 3.63) is 64.7 Å². The van der Waals surface area contributed by atoms with Crippen LogP contribution < -0.4 is 10.1 Å².